The van der Waals surface area contributed by atoms with Gasteiger partial charge in [-0.2, -0.15) is 0 Å². The molecular weight excluding hydrogens is 432 g/mol. The van der Waals surface area contributed by atoms with Crippen LogP contribution in [0, 0.1) is 0 Å². The summed E-state index contributed by atoms with van der Waals surface area (Å²) in [5.74, 6) is 0. The molecule has 0 saturated carbocycles. The van der Waals surface area contributed by atoms with Crippen LogP contribution in [0.2, 0.25) is 0 Å². The molecule has 2 atom stereocenters. The Morgan fingerprint density at radius 1 is 0.657 bits per heavy atom. The second-order valence-corrected chi connectivity index (χ2v) is 12.2. The van der Waals surface area contributed by atoms with E-state index in [1.165, 1.54) is 69.7 Å². The van der Waals surface area contributed by atoms with Crippen LogP contribution in [-0.2, 0) is 0 Å². The van der Waals surface area contributed by atoms with Gasteiger partial charge in [-0.1, -0.05) is 0 Å². The van der Waals surface area contributed by atoms with Crippen LogP contribution < -0.4 is 21.3 Å². The molecule has 4 N–H and O–H groups in total. The van der Waals surface area contributed by atoms with Gasteiger partial charge in [0.15, 0.2) is 0 Å². The van der Waals surface area contributed by atoms with Gasteiger partial charge in [0, 0.05) is 42.3 Å². The lowest BCUT2D eigenvalue weighted by molar-refractivity contribution is -0.910. The maximum absolute atomic E-state index is 5.92. The zero-order valence-electron chi connectivity index (χ0n) is 22.5. The van der Waals surface area contributed by atoms with Crippen molar-refractivity contribution in [2.24, 2.45) is 0 Å². The summed E-state index contributed by atoms with van der Waals surface area (Å²) in [6, 6.07) is 18.1. The standard InChI is InChI=1S/C29H48N6/c1-34(2,22-28-8-5-18-32(28)26-14-10-24(30)11-15-26)20-7-21-35(3,4)23-29-9-6-19-33(29)27-16-12-25(31)13-17-27/h10-17,28-29H,5-9,18-23,30-31H2,1-4H3/q+2. The monoisotopic (exact) mass is 480 g/mol. The first kappa shape index (κ1) is 25.6. The predicted molar refractivity (Wildman–Crippen MR) is 151 cm³/mol. The molecule has 0 aromatic heterocycles. The number of hydrogen-bond acceptors (Lipinski definition) is 4. The Kier molecular flexibility index (Phi) is 7.82. The molecule has 2 aromatic rings. The van der Waals surface area contributed by atoms with Crippen LogP contribution in [0.4, 0.5) is 22.7 Å². The highest BCUT2D eigenvalue weighted by Gasteiger charge is 2.33. The van der Waals surface area contributed by atoms with E-state index in [1.807, 2.05) is 24.3 Å². The normalized spacial score (nSPS) is 21.1. The van der Waals surface area contributed by atoms with Crippen LogP contribution in [0.25, 0.3) is 0 Å². The van der Waals surface area contributed by atoms with E-state index in [-0.39, 0.29) is 0 Å². The number of nitrogen functional groups attached to an aromatic ring is 2. The van der Waals surface area contributed by atoms with Crippen molar-refractivity contribution in [2.45, 2.75) is 44.2 Å². The third-order valence-electron chi connectivity index (χ3n) is 8.14. The van der Waals surface area contributed by atoms with Crippen molar-refractivity contribution in [3.63, 3.8) is 0 Å². The SMILES string of the molecule is C[N+](C)(CCC[N+](C)(C)CC1CCCN1c1ccc(N)cc1)CC1CCCN1c1ccc(N)cc1. The van der Waals surface area contributed by atoms with Crippen molar-refractivity contribution in [2.75, 3.05) is 88.7 Å². The number of nitrogens with two attached hydrogens (primary N) is 2. The second-order valence-electron chi connectivity index (χ2n) is 12.2. The highest BCUT2D eigenvalue weighted by atomic mass is 15.4. The average Bonchev–Trinajstić information content (AvgIpc) is 3.43. The van der Waals surface area contributed by atoms with E-state index in [2.05, 4.69) is 62.3 Å². The fourth-order valence-corrected chi connectivity index (χ4v) is 6.31. The lowest BCUT2D eigenvalue weighted by atomic mass is 10.1. The maximum Gasteiger partial charge on any atom is 0.0989 e. The summed E-state index contributed by atoms with van der Waals surface area (Å²) in [7, 11) is 9.66. The molecule has 4 rings (SSSR count). The highest BCUT2D eigenvalue weighted by molar-refractivity contribution is 5.55. The molecule has 6 nitrogen and oxygen atoms in total. The Hall–Kier alpha value is -2.44. The number of quaternary nitrogens is 2. The first-order valence-electron chi connectivity index (χ1n) is 13.5. The lowest BCUT2D eigenvalue weighted by Gasteiger charge is -2.39. The third kappa shape index (κ3) is 6.83. The van der Waals surface area contributed by atoms with Gasteiger partial charge in [-0.25, -0.2) is 0 Å². The van der Waals surface area contributed by atoms with E-state index in [0.29, 0.717) is 12.1 Å². The van der Waals surface area contributed by atoms with Crippen LogP contribution in [0.1, 0.15) is 32.1 Å². The maximum atomic E-state index is 5.92. The molecule has 2 saturated heterocycles. The Bertz CT molecular complexity index is 859. The van der Waals surface area contributed by atoms with Gasteiger partial charge in [-0.3, -0.25) is 0 Å². The van der Waals surface area contributed by atoms with E-state index >= 15 is 0 Å². The highest BCUT2D eigenvalue weighted by Crippen LogP contribution is 2.29. The summed E-state index contributed by atoms with van der Waals surface area (Å²) >= 11 is 0. The summed E-state index contributed by atoms with van der Waals surface area (Å²) in [6.07, 6.45) is 6.39. The van der Waals surface area contributed by atoms with E-state index in [4.69, 9.17) is 11.5 Å². The summed E-state index contributed by atoms with van der Waals surface area (Å²) in [5.41, 5.74) is 16.2. The molecule has 0 radical (unpaired) electrons. The van der Waals surface area contributed by atoms with Crippen LogP contribution in [0.5, 0.6) is 0 Å². The smallest absolute Gasteiger partial charge is 0.0989 e. The van der Waals surface area contributed by atoms with Gasteiger partial charge in [0.25, 0.3) is 0 Å². The zero-order chi connectivity index (χ0) is 25.1. The van der Waals surface area contributed by atoms with E-state index < -0.39 is 0 Å². The number of benzene rings is 2. The molecular formula is C29H48N6+2. The largest absolute Gasteiger partial charge is 0.399 e. The molecule has 2 fully saturated rings. The van der Waals surface area contributed by atoms with Gasteiger partial charge in [0.2, 0.25) is 0 Å². The van der Waals surface area contributed by atoms with E-state index in [1.54, 1.807) is 0 Å². The van der Waals surface area contributed by atoms with Crippen molar-refractivity contribution in [1.29, 1.82) is 0 Å². The van der Waals surface area contributed by atoms with Crippen LogP contribution >= 0.6 is 0 Å². The van der Waals surface area contributed by atoms with Gasteiger partial charge < -0.3 is 30.2 Å². The molecule has 0 spiro atoms. The lowest BCUT2D eigenvalue weighted by Crippen LogP contribution is -2.53. The minimum Gasteiger partial charge on any atom is -0.399 e. The molecule has 0 aliphatic carbocycles. The van der Waals surface area contributed by atoms with Crippen molar-refractivity contribution in [3.8, 4) is 0 Å². The second kappa shape index (κ2) is 10.7. The summed E-state index contributed by atoms with van der Waals surface area (Å²) in [5, 5.41) is 0. The number of rotatable bonds is 10. The minimum absolute atomic E-state index is 0.614. The minimum atomic E-state index is 0.614. The third-order valence-corrected chi connectivity index (χ3v) is 8.14. The molecule has 35 heavy (non-hydrogen) atoms. The molecule has 192 valence electrons. The molecule has 2 aliphatic rings. The van der Waals surface area contributed by atoms with Crippen LogP contribution in [-0.4, -0.2) is 88.5 Å². The predicted octanol–water partition coefficient (Wildman–Crippen LogP) is 4.03. The summed E-state index contributed by atoms with van der Waals surface area (Å²) < 4.78 is 2.16. The summed E-state index contributed by atoms with van der Waals surface area (Å²) in [6.45, 7) is 7.16. The van der Waals surface area contributed by atoms with Crippen molar-refractivity contribution >= 4 is 22.7 Å². The van der Waals surface area contributed by atoms with Gasteiger partial charge >= 0.3 is 0 Å². The molecule has 0 bridgehead atoms. The molecule has 2 heterocycles. The quantitative estimate of drug-likeness (QED) is 0.398. The van der Waals surface area contributed by atoms with E-state index in [9.17, 15) is 0 Å². The summed E-state index contributed by atoms with van der Waals surface area (Å²) in [4.78, 5) is 5.20. The Balaban J connectivity index is 1.27. The fraction of sp³-hybridized carbons (Fsp3) is 0.586. The van der Waals surface area contributed by atoms with Crippen molar-refractivity contribution < 1.29 is 8.97 Å². The fourth-order valence-electron chi connectivity index (χ4n) is 6.31. The number of anilines is 4. The molecule has 6 heteroatoms. The molecule has 0 amide bonds. The Morgan fingerprint density at radius 2 is 1.03 bits per heavy atom. The van der Waals surface area contributed by atoms with Gasteiger partial charge in [-0.15, -0.1) is 0 Å². The van der Waals surface area contributed by atoms with Gasteiger partial charge in [-0.05, 0) is 74.2 Å². The number of nitrogens with zero attached hydrogens (tertiary/aromatic N) is 4. The zero-order valence-corrected chi connectivity index (χ0v) is 22.5. The van der Waals surface area contributed by atoms with Gasteiger partial charge in [0.1, 0.15) is 0 Å². The number of hydrogen-bond donors (Lipinski definition) is 2. The van der Waals surface area contributed by atoms with Crippen LogP contribution in [0.15, 0.2) is 48.5 Å². The molecule has 2 aliphatic heterocycles. The first-order chi connectivity index (χ1) is 16.6. The topological polar surface area (TPSA) is 58.5 Å². The molecule has 2 aromatic carbocycles. The Morgan fingerprint density at radius 3 is 1.40 bits per heavy atom. The number of likely N-dealkylation sites (N-methyl/N-ethyl adjacent to an activating group) is 2. The average molecular weight is 481 g/mol. The first-order valence-corrected chi connectivity index (χ1v) is 13.5. The molecule has 2 unspecified atom stereocenters. The van der Waals surface area contributed by atoms with Crippen molar-refractivity contribution in [3.05, 3.63) is 48.5 Å². The van der Waals surface area contributed by atoms with E-state index in [0.717, 1.165) is 33.4 Å². The van der Waals surface area contributed by atoms with Crippen molar-refractivity contribution in [1.82, 2.24) is 0 Å². The van der Waals surface area contributed by atoms with Crippen LogP contribution in [0.3, 0.4) is 0 Å². The van der Waals surface area contributed by atoms with Gasteiger partial charge in [0.05, 0.1) is 66.5 Å². The Labute approximate surface area is 213 Å².